The molecular formula is C20H21N7. The van der Waals surface area contributed by atoms with Crippen LogP contribution in [0, 0.1) is 11.3 Å². The molecule has 4 rings (SSSR count). The van der Waals surface area contributed by atoms with Crippen LogP contribution in [0.4, 0.5) is 11.8 Å². The van der Waals surface area contributed by atoms with Gasteiger partial charge in [0.1, 0.15) is 5.82 Å². The zero-order chi connectivity index (χ0) is 18.8. The number of hydrogen-bond acceptors (Lipinski definition) is 7. The fourth-order valence-corrected chi connectivity index (χ4v) is 3.34. The second-order valence-electron chi connectivity index (χ2n) is 6.91. The SMILES string of the molecule is CN1CCC(Nc2nc(N)c3ccc(-c4cccc(C#N)c4)nc3n2)CC1. The molecule has 7 nitrogen and oxygen atoms in total. The summed E-state index contributed by atoms with van der Waals surface area (Å²) in [7, 11) is 2.13. The van der Waals surface area contributed by atoms with Gasteiger partial charge in [-0.25, -0.2) is 4.98 Å². The Morgan fingerprint density at radius 3 is 2.74 bits per heavy atom. The van der Waals surface area contributed by atoms with Crippen molar-refractivity contribution in [3.63, 3.8) is 0 Å². The van der Waals surface area contributed by atoms with E-state index in [1.54, 1.807) is 6.07 Å². The first-order chi connectivity index (χ1) is 13.1. The van der Waals surface area contributed by atoms with E-state index in [2.05, 4.69) is 38.3 Å². The largest absolute Gasteiger partial charge is 0.383 e. The highest BCUT2D eigenvalue weighted by Crippen LogP contribution is 2.25. The van der Waals surface area contributed by atoms with E-state index in [0.29, 0.717) is 29.0 Å². The normalized spacial score (nSPS) is 15.6. The summed E-state index contributed by atoms with van der Waals surface area (Å²) in [6, 6.07) is 13.6. The molecule has 136 valence electrons. The van der Waals surface area contributed by atoms with E-state index in [9.17, 15) is 0 Å². The highest BCUT2D eigenvalue weighted by atomic mass is 15.2. The minimum atomic E-state index is 0.341. The Kier molecular flexibility index (Phi) is 4.57. The number of nitrogen functional groups attached to an aromatic ring is 1. The summed E-state index contributed by atoms with van der Waals surface area (Å²) in [6.07, 6.45) is 2.10. The topological polar surface area (TPSA) is 104 Å². The van der Waals surface area contributed by atoms with Crippen LogP contribution in [0.15, 0.2) is 36.4 Å². The van der Waals surface area contributed by atoms with Crippen LogP contribution in [-0.4, -0.2) is 46.0 Å². The number of nitrogens with two attached hydrogens (primary N) is 1. The second-order valence-corrected chi connectivity index (χ2v) is 6.91. The first-order valence-corrected chi connectivity index (χ1v) is 9.02. The van der Waals surface area contributed by atoms with Gasteiger partial charge < -0.3 is 16.0 Å². The van der Waals surface area contributed by atoms with Gasteiger partial charge in [0, 0.05) is 11.6 Å². The van der Waals surface area contributed by atoms with Gasteiger partial charge in [-0.05, 0) is 57.2 Å². The Morgan fingerprint density at radius 2 is 1.96 bits per heavy atom. The smallest absolute Gasteiger partial charge is 0.226 e. The lowest BCUT2D eigenvalue weighted by Gasteiger charge is -2.29. The number of likely N-dealkylation sites (tertiary alicyclic amines) is 1. The molecule has 3 heterocycles. The molecule has 0 bridgehead atoms. The van der Waals surface area contributed by atoms with Gasteiger partial charge in [0.15, 0.2) is 5.65 Å². The van der Waals surface area contributed by atoms with Crippen LogP contribution < -0.4 is 11.1 Å². The Balaban J connectivity index is 1.66. The highest BCUT2D eigenvalue weighted by Gasteiger charge is 2.18. The van der Waals surface area contributed by atoms with Gasteiger partial charge in [0.05, 0.1) is 22.7 Å². The lowest BCUT2D eigenvalue weighted by Crippen LogP contribution is -2.37. The van der Waals surface area contributed by atoms with E-state index in [0.717, 1.165) is 42.6 Å². The molecule has 2 aromatic heterocycles. The monoisotopic (exact) mass is 359 g/mol. The number of hydrogen-bond donors (Lipinski definition) is 2. The number of piperidine rings is 1. The zero-order valence-electron chi connectivity index (χ0n) is 15.2. The van der Waals surface area contributed by atoms with Gasteiger partial charge in [0.25, 0.3) is 0 Å². The molecule has 0 atom stereocenters. The standard InChI is InChI=1S/C20H21N7/c1-27-9-7-15(8-10-27)23-20-25-18(22)16-5-6-17(24-19(16)26-20)14-4-2-3-13(11-14)12-21/h2-6,11,15H,7-10H2,1H3,(H3,22,23,24,25,26). The van der Waals surface area contributed by atoms with E-state index in [1.807, 2.05) is 30.3 Å². The van der Waals surface area contributed by atoms with Crippen molar-refractivity contribution in [1.82, 2.24) is 19.9 Å². The number of aromatic nitrogens is 3. The maximum absolute atomic E-state index is 9.11. The molecule has 0 aliphatic carbocycles. The predicted molar refractivity (Wildman–Crippen MR) is 106 cm³/mol. The number of nitriles is 1. The molecule has 1 fully saturated rings. The van der Waals surface area contributed by atoms with Crippen molar-refractivity contribution in [3.8, 4) is 17.3 Å². The Hall–Kier alpha value is -3.24. The molecule has 1 aliphatic heterocycles. The van der Waals surface area contributed by atoms with E-state index in [-0.39, 0.29) is 0 Å². The second kappa shape index (κ2) is 7.17. The highest BCUT2D eigenvalue weighted by molar-refractivity contribution is 5.88. The Labute approximate surface area is 157 Å². The van der Waals surface area contributed by atoms with Crippen molar-refractivity contribution < 1.29 is 0 Å². The quantitative estimate of drug-likeness (QED) is 0.741. The molecule has 27 heavy (non-hydrogen) atoms. The lowest BCUT2D eigenvalue weighted by molar-refractivity contribution is 0.263. The van der Waals surface area contributed by atoms with Gasteiger partial charge >= 0.3 is 0 Å². The minimum absolute atomic E-state index is 0.341. The van der Waals surface area contributed by atoms with Crippen LogP contribution in [0.1, 0.15) is 18.4 Å². The minimum Gasteiger partial charge on any atom is -0.383 e. The third kappa shape index (κ3) is 3.66. The van der Waals surface area contributed by atoms with Crippen LogP contribution in [0.3, 0.4) is 0 Å². The van der Waals surface area contributed by atoms with Gasteiger partial charge in [-0.3, -0.25) is 0 Å². The number of anilines is 2. The van der Waals surface area contributed by atoms with Gasteiger partial charge in [-0.15, -0.1) is 0 Å². The molecule has 1 aliphatic rings. The number of fused-ring (bicyclic) bond motifs is 1. The van der Waals surface area contributed by atoms with Crippen LogP contribution in [0.2, 0.25) is 0 Å². The molecule has 0 radical (unpaired) electrons. The maximum Gasteiger partial charge on any atom is 0.226 e. The molecule has 1 aromatic carbocycles. The average molecular weight is 359 g/mol. The van der Waals surface area contributed by atoms with Crippen LogP contribution in [-0.2, 0) is 0 Å². The van der Waals surface area contributed by atoms with E-state index < -0.39 is 0 Å². The fraction of sp³-hybridized carbons (Fsp3) is 0.300. The van der Waals surface area contributed by atoms with Crippen molar-refractivity contribution in [3.05, 3.63) is 42.0 Å². The van der Waals surface area contributed by atoms with Crippen molar-refractivity contribution in [2.45, 2.75) is 18.9 Å². The Bertz CT molecular complexity index is 1020. The summed E-state index contributed by atoms with van der Waals surface area (Å²) in [5, 5.41) is 13.2. The van der Waals surface area contributed by atoms with Crippen molar-refractivity contribution in [2.24, 2.45) is 0 Å². The van der Waals surface area contributed by atoms with E-state index >= 15 is 0 Å². The number of benzene rings is 1. The Morgan fingerprint density at radius 1 is 1.15 bits per heavy atom. The van der Waals surface area contributed by atoms with Gasteiger partial charge in [0.2, 0.25) is 5.95 Å². The molecule has 1 saturated heterocycles. The van der Waals surface area contributed by atoms with Crippen molar-refractivity contribution in [2.75, 3.05) is 31.2 Å². The summed E-state index contributed by atoms with van der Waals surface area (Å²) < 4.78 is 0. The summed E-state index contributed by atoms with van der Waals surface area (Å²) in [5.41, 5.74) is 8.91. The van der Waals surface area contributed by atoms with Crippen LogP contribution in [0.5, 0.6) is 0 Å². The summed E-state index contributed by atoms with van der Waals surface area (Å²) >= 11 is 0. The van der Waals surface area contributed by atoms with Crippen molar-refractivity contribution in [1.29, 1.82) is 5.26 Å². The summed E-state index contributed by atoms with van der Waals surface area (Å²) in [6.45, 7) is 2.11. The average Bonchev–Trinajstić information content (AvgIpc) is 2.69. The van der Waals surface area contributed by atoms with Gasteiger partial charge in [-0.1, -0.05) is 12.1 Å². The number of nitrogens with one attached hydrogen (secondary N) is 1. The summed E-state index contributed by atoms with van der Waals surface area (Å²) in [5.74, 6) is 0.935. The molecule has 0 amide bonds. The fourth-order valence-electron chi connectivity index (χ4n) is 3.34. The van der Waals surface area contributed by atoms with Crippen LogP contribution >= 0.6 is 0 Å². The maximum atomic E-state index is 9.11. The molecular weight excluding hydrogens is 338 g/mol. The molecule has 0 spiro atoms. The molecule has 0 unspecified atom stereocenters. The van der Waals surface area contributed by atoms with Crippen molar-refractivity contribution >= 4 is 22.8 Å². The molecule has 7 heteroatoms. The number of nitrogens with zero attached hydrogens (tertiary/aromatic N) is 5. The first-order valence-electron chi connectivity index (χ1n) is 9.02. The zero-order valence-corrected chi connectivity index (χ0v) is 15.2. The molecule has 0 saturated carbocycles. The number of rotatable bonds is 3. The third-order valence-electron chi connectivity index (χ3n) is 4.93. The van der Waals surface area contributed by atoms with Crippen LogP contribution in [0.25, 0.3) is 22.3 Å². The van der Waals surface area contributed by atoms with Gasteiger partial charge in [-0.2, -0.15) is 15.2 Å². The number of pyridine rings is 1. The van der Waals surface area contributed by atoms with E-state index in [4.69, 9.17) is 11.0 Å². The lowest BCUT2D eigenvalue weighted by atomic mass is 10.1. The summed E-state index contributed by atoms with van der Waals surface area (Å²) in [4.78, 5) is 16.0. The predicted octanol–water partition coefficient (Wildman–Crippen LogP) is 2.65. The molecule has 3 N–H and O–H groups in total. The first kappa shape index (κ1) is 17.2. The molecule has 3 aromatic rings. The third-order valence-corrected chi connectivity index (χ3v) is 4.93. The van der Waals surface area contributed by atoms with E-state index in [1.165, 1.54) is 0 Å².